The number of amides is 1. The zero-order chi connectivity index (χ0) is 23.2. The Hall–Kier alpha value is -2.51. The van der Waals surface area contributed by atoms with Gasteiger partial charge >= 0.3 is 0 Å². The van der Waals surface area contributed by atoms with Crippen LogP contribution in [0.3, 0.4) is 0 Å². The number of aromatic nitrogens is 3. The highest BCUT2D eigenvalue weighted by Crippen LogP contribution is 2.42. The van der Waals surface area contributed by atoms with Crippen LogP contribution in [0.25, 0.3) is 5.00 Å². The van der Waals surface area contributed by atoms with E-state index in [9.17, 15) is 4.79 Å². The fourth-order valence-electron chi connectivity index (χ4n) is 4.15. The van der Waals surface area contributed by atoms with Gasteiger partial charge in [-0.05, 0) is 51.3 Å². The summed E-state index contributed by atoms with van der Waals surface area (Å²) < 4.78 is 2.08. The van der Waals surface area contributed by atoms with E-state index < -0.39 is 6.04 Å². The van der Waals surface area contributed by atoms with Crippen LogP contribution in [0.1, 0.15) is 79.3 Å². The first-order valence-corrected chi connectivity index (χ1v) is 12.1. The standard InChI is InChI=1S/C24H28ClN5OS/c1-12(2)22-14(5)20-21(16-7-9-17(25)10-8-16)27-18(11-19(31)26-13(3)4)23-29-28-15(6)30(23)24(20)32-22/h7-10,12-13,18H,11H2,1-6H3,(H,26,31). The van der Waals surface area contributed by atoms with E-state index in [2.05, 4.69) is 40.9 Å². The SMILES string of the molecule is Cc1c(C(C)C)sc2c1C(c1ccc(Cl)cc1)=NC(CC(=O)NC(C)C)c1nnc(C)n1-2. The summed E-state index contributed by atoms with van der Waals surface area (Å²) in [6, 6.07) is 7.34. The largest absolute Gasteiger partial charge is 0.354 e. The van der Waals surface area contributed by atoms with E-state index in [0.717, 1.165) is 27.7 Å². The molecule has 2 aromatic heterocycles. The maximum absolute atomic E-state index is 12.7. The summed E-state index contributed by atoms with van der Waals surface area (Å²) in [7, 11) is 0. The third-order valence-corrected chi connectivity index (χ3v) is 7.34. The van der Waals surface area contributed by atoms with Gasteiger partial charge < -0.3 is 5.32 Å². The molecule has 1 amide bonds. The second-order valence-electron chi connectivity index (χ2n) is 8.79. The van der Waals surface area contributed by atoms with Crippen LogP contribution in [-0.2, 0) is 4.79 Å². The first kappa shape index (κ1) is 22.7. The number of aliphatic imine (C=N–C) groups is 1. The van der Waals surface area contributed by atoms with Crippen molar-refractivity contribution in [1.29, 1.82) is 0 Å². The molecule has 1 unspecified atom stereocenters. The summed E-state index contributed by atoms with van der Waals surface area (Å²) in [6.45, 7) is 12.4. The predicted octanol–water partition coefficient (Wildman–Crippen LogP) is 5.53. The molecule has 8 heteroatoms. The lowest BCUT2D eigenvalue weighted by Crippen LogP contribution is -2.31. The number of hydrogen-bond acceptors (Lipinski definition) is 5. The van der Waals surface area contributed by atoms with Crippen LogP contribution in [0, 0.1) is 13.8 Å². The molecule has 0 radical (unpaired) electrons. The van der Waals surface area contributed by atoms with E-state index in [1.54, 1.807) is 11.3 Å². The summed E-state index contributed by atoms with van der Waals surface area (Å²) in [5.41, 5.74) is 4.12. The van der Waals surface area contributed by atoms with E-state index in [0.29, 0.717) is 16.8 Å². The minimum absolute atomic E-state index is 0.0544. The van der Waals surface area contributed by atoms with Gasteiger partial charge in [0.25, 0.3) is 0 Å². The van der Waals surface area contributed by atoms with E-state index in [-0.39, 0.29) is 18.4 Å². The molecule has 0 saturated carbocycles. The lowest BCUT2D eigenvalue weighted by atomic mass is 9.97. The smallest absolute Gasteiger partial charge is 0.222 e. The first-order valence-electron chi connectivity index (χ1n) is 10.9. The number of fused-ring (bicyclic) bond motifs is 3. The minimum Gasteiger partial charge on any atom is -0.354 e. The molecule has 1 aromatic carbocycles. The maximum atomic E-state index is 12.7. The quantitative estimate of drug-likeness (QED) is 0.534. The second-order valence-corrected chi connectivity index (χ2v) is 10.3. The monoisotopic (exact) mass is 469 g/mol. The normalized spacial score (nSPS) is 15.4. The molecule has 1 N–H and O–H groups in total. The molecule has 0 fully saturated rings. The molecular formula is C24H28ClN5OS. The Morgan fingerprint density at radius 3 is 2.47 bits per heavy atom. The average Bonchev–Trinajstić information content (AvgIpc) is 3.21. The third-order valence-electron chi connectivity index (χ3n) is 5.51. The van der Waals surface area contributed by atoms with Crippen LogP contribution in [0.4, 0.5) is 0 Å². The van der Waals surface area contributed by atoms with Gasteiger partial charge in [-0.15, -0.1) is 21.5 Å². The number of rotatable bonds is 5. The lowest BCUT2D eigenvalue weighted by Gasteiger charge is -2.14. The molecule has 32 heavy (non-hydrogen) atoms. The molecule has 3 heterocycles. The molecule has 1 aliphatic heterocycles. The summed E-state index contributed by atoms with van der Waals surface area (Å²) in [5, 5.41) is 13.5. The Morgan fingerprint density at radius 1 is 1.16 bits per heavy atom. The van der Waals surface area contributed by atoms with Gasteiger partial charge in [-0.25, -0.2) is 0 Å². The molecule has 0 spiro atoms. The highest BCUT2D eigenvalue weighted by Gasteiger charge is 2.33. The zero-order valence-corrected chi connectivity index (χ0v) is 20.8. The Balaban J connectivity index is 1.96. The molecule has 0 aliphatic carbocycles. The van der Waals surface area contributed by atoms with Crippen LogP contribution in [0.2, 0.25) is 5.02 Å². The molecule has 1 atom stereocenters. The van der Waals surface area contributed by atoms with Crippen molar-refractivity contribution in [2.75, 3.05) is 0 Å². The molecule has 1 aliphatic rings. The minimum atomic E-state index is -0.442. The number of aryl methyl sites for hydroxylation is 1. The molecule has 0 saturated heterocycles. The number of carbonyl (C=O) groups excluding carboxylic acids is 1. The van der Waals surface area contributed by atoms with Gasteiger partial charge in [0.1, 0.15) is 16.9 Å². The van der Waals surface area contributed by atoms with E-state index in [1.807, 2.05) is 45.0 Å². The number of halogens is 1. The fraction of sp³-hybridized carbons (Fsp3) is 0.417. The van der Waals surface area contributed by atoms with Crippen LogP contribution in [-0.4, -0.2) is 32.4 Å². The molecular weight excluding hydrogens is 442 g/mol. The number of nitrogens with zero attached hydrogens (tertiary/aromatic N) is 4. The summed E-state index contributed by atoms with van der Waals surface area (Å²) >= 11 is 7.92. The molecule has 4 rings (SSSR count). The van der Waals surface area contributed by atoms with E-state index in [4.69, 9.17) is 16.6 Å². The van der Waals surface area contributed by atoms with E-state index in [1.165, 1.54) is 10.4 Å². The third kappa shape index (κ3) is 4.11. The highest BCUT2D eigenvalue weighted by atomic mass is 35.5. The van der Waals surface area contributed by atoms with Gasteiger partial charge in [-0.2, -0.15) is 0 Å². The molecule has 168 valence electrons. The van der Waals surface area contributed by atoms with Gasteiger partial charge in [-0.3, -0.25) is 14.4 Å². The number of carbonyl (C=O) groups is 1. The van der Waals surface area contributed by atoms with Crippen LogP contribution in [0.15, 0.2) is 29.3 Å². The molecule has 0 bridgehead atoms. The number of nitrogens with one attached hydrogen (secondary N) is 1. The zero-order valence-electron chi connectivity index (χ0n) is 19.2. The number of hydrogen-bond donors (Lipinski definition) is 1. The summed E-state index contributed by atoms with van der Waals surface area (Å²) in [5.74, 6) is 1.82. The highest BCUT2D eigenvalue weighted by molar-refractivity contribution is 7.15. The van der Waals surface area contributed by atoms with Crippen molar-refractivity contribution in [3.8, 4) is 5.00 Å². The van der Waals surface area contributed by atoms with Crippen molar-refractivity contribution in [3.63, 3.8) is 0 Å². The van der Waals surface area contributed by atoms with Crippen molar-refractivity contribution in [1.82, 2.24) is 20.1 Å². The van der Waals surface area contributed by atoms with Crippen molar-refractivity contribution in [3.05, 3.63) is 62.5 Å². The van der Waals surface area contributed by atoms with Gasteiger partial charge in [0, 0.05) is 27.1 Å². The summed E-state index contributed by atoms with van der Waals surface area (Å²) in [4.78, 5) is 19.2. The van der Waals surface area contributed by atoms with Crippen molar-refractivity contribution in [2.45, 2.75) is 66.0 Å². The Labute approximate surface area is 197 Å². The number of thiophene rings is 1. The first-order chi connectivity index (χ1) is 15.2. The van der Waals surface area contributed by atoms with Crippen LogP contribution in [0.5, 0.6) is 0 Å². The second kappa shape index (κ2) is 8.79. The predicted molar refractivity (Wildman–Crippen MR) is 131 cm³/mol. The lowest BCUT2D eigenvalue weighted by molar-refractivity contribution is -0.121. The Bertz CT molecular complexity index is 1190. The van der Waals surface area contributed by atoms with E-state index >= 15 is 0 Å². The Morgan fingerprint density at radius 2 is 1.84 bits per heavy atom. The maximum Gasteiger partial charge on any atom is 0.222 e. The van der Waals surface area contributed by atoms with Crippen molar-refractivity contribution in [2.24, 2.45) is 4.99 Å². The molecule has 3 aromatic rings. The van der Waals surface area contributed by atoms with Gasteiger partial charge in [0.15, 0.2) is 5.82 Å². The van der Waals surface area contributed by atoms with Crippen LogP contribution >= 0.6 is 22.9 Å². The Kier molecular flexibility index (Phi) is 6.23. The number of benzene rings is 1. The molecule has 6 nitrogen and oxygen atoms in total. The average molecular weight is 470 g/mol. The summed E-state index contributed by atoms with van der Waals surface area (Å²) in [6.07, 6.45) is 0.207. The topological polar surface area (TPSA) is 72.2 Å². The van der Waals surface area contributed by atoms with Crippen molar-refractivity contribution >= 4 is 34.6 Å². The van der Waals surface area contributed by atoms with Gasteiger partial charge in [-0.1, -0.05) is 37.6 Å². The van der Waals surface area contributed by atoms with Gasteiger partial charge in [0.2, 0.25) is 5.91 Å². The fourth-order valence-corrected chi connectivity index (χ4v) is 5.64. The van der Waals surface area contributed by atoms with Crippen LogP contribution < -0.4 is 5.32 Å². The van der Waals surface area contributed by atoms with Gasteiger partial charge in [0.05, 0.1) is 12.1 Å². The van der Waals surface area contributed by atoms with Crippen molar-refractivity contribution < 1.29 is 4.79 Å².